The van der Waals surface area contributed by atoms with Crippen LogP contribution in [0.25, 0.3) is 6.08 Å². The maximum atomic E-state index is 12.6. The second kappa shape index (κ2) is 7.29. The van der Waals surface area contributed by atoms with Gasteiger partial charge >= 0.3 is 6.03 Å². The average Bonchev–Trinajstić information content (AvgIpc) is 2.85. The third-order valence-corrected chi connectivity index (χ3v) is 4.40. The van der Waals surface area contributed by atoms with Gasteiger partial charge in [-0.2, -0.15) is 0 Å². The maximum Gasteiger partial charge on any atom is 0.333 e. The van der Waals surface area contributed by atoms with E-state index in [1.807, 2.05) is 19.1 Å². The molecule has 1 saturated heterocycles. The summed E-state index contributed by atoms with van der Waals surface area (Å²) < 4.78 is 6.23. The highest BCUT2D eigenvalue weighted by atomic mass is 79.9. The van der Waals surface area contributed by atoms with Gasteiger partial charge in [0.15, 0.2) is 0 Å². The molecule has 2 aromatic carbocycles. The standard InChI is InChI=1S/C18H14BrClN2O3/c1-2-25-16-8-3-11(9-14(16)19)10-15-17(23)22(18(24)21-15)13-6-4-12(20)5-7-13/h3-10H,2H2,1H3,(H,21,24)/b15-10+. The molecule has 0 radical (unpaired) electrons. The molecular weight excluding hydrogens is 408 g/mol. The monoisotopic (exact) mass is 420 g/mol. The minimum Gasteiger partial charge on any atom is -0.493 e. The Balaban J connectivity index is 1.87. The van der Waals surface area contributed by atoms with Crippen molar-refractivity contribution in [1.29, 1.82) is 0 Å². The number of benzene rings is 2. The van der Waals surface area contributed by atoms with E-state index in [-0.39, 0.29) is 5.70 Å². The summed E-state index contributed by atoms with van der Waals surface area (Å²) in [7, 11) is 0. The summed E-state index contributed by atoms with van der Waals surface area (Å²) >= 11 is 9.28. The Bertz CT molecular complexity index is 865. The van der Waals surface area contributed by atoms with Gasteiger partial charge in [-0.25, -0.2) is 9.69 Å². The smallest absolute Gasteiger partial charge is 0.333 e. The SMILES string of the molecule is CCOc1ccc(/C=C2/NC(=O)N(c3ccc(Cl)cc3)C2=O)cc1Br. The van der Waals surface area contributed by atoms with Crippen LogP contribution in [0.5, 0.6) is 5.75 Å². The normalized spacial score (nSPS) is 15.6. The van der Waals surface area contributed by atoms with Crippen molar-refractivity contribution in [3.63, 3.8) is 0 Å². The lowest BCUT2D eigenvalue weighted by Crippen LogP contribution is -2.30. The minimum atomic E-state index is -0.497. The molecule has 0 saturated carbocycles. The second-order valence-electron chi connectivity index (χ2n) is 5.23. The van der Waals surface area contributed by atoms with E-state index in [2.05, 4.69) is 21.2 Å². The number of hydrogen-bond donors (Lipinski definition) is 1. The highest BCUT2D eigenvalue weighted by Crippen LogP contribution is 2.28. The van der Waals surface area contributed by atoms with Crippen molar-refractivity contribution < 1.29 is 14.3 Å². The van der Waals surface area contributed by atoms with Crippen LogP contribution in [0.3, 0.4) is 0 Å². The van der Waals surface area contributed by atoms with Gasteiger partial charge in [0.05, 0.1) is 16.8 Å². The summed E-state index contributed by atoms with van der Waals surface area (Å²) in [4.78, 5) is 25.8. The Hall–Kier alpha value is -2.31. The van der Waals surface area contributed by atoms with Crippen LogP contribution in [-0.2, 0) is 4.79 Å². The summed E-state index contributed by atoms with van der Waals surface area (Å²) in [5, 5.41) is 3.13. The fourth-order valence-corrected chi connectivity index (χ4v) is 3.04. The quantitative estimate of drug-likeness (QED) is 0.580. The highest BCUT2D eigenvalue weighted by Gasteiger charge is 2.34. The van der Waals surface area contributed by atoms with Crippen molar-refractivity contribution in [2.24, 2.45) is 0 Å². The first-order valence-electron chi connectivity index (χ1n) is 7.54. The van der Waals surface area contributed by atoms with Crippen LogP contribution in [0, 0.1) is 0 Å². The number of carbonyl (C=O) groups excluding carboxylic acids is 2. The lowest BCUT2D eigenvalue weighted by Gasteiger charge is -2.11. The van der Waals surface area contributed by atoms with Crippen LogP contribution >= 0.6 is 27.5 Å². The number of carbonyl (C=O) groups is 2. The van der Waals surface area contributed by atoms with E-state index in [9.17, 15) is 9.59 Å². The van der Waals surface area contributed by atoms with Crippen molar-refractivity contribution in [3.8, 4) is 5.75 Å². The van der Waals surface area contributed by atoms with E-state index in [0.717, 1.165) is 14.9 Å². The number of urea groups is 1. The number of imide groups is 1. The Morgan fingerprint density at radius 3 is 2.56 bits per heavy atom. The van der Waals surface area contributed by atoms with E-state index in [1.165, 1.54) is 0 Å². The van der Waals surface area contributed by atoms with E-state index >= 15 is 0 Å². The van der Waals surface area contributed by atoms with E-state index < -0.39 is 11.9 Å². The zero-order chi connectivity index (χ0) is 18.0. The Labute approximate surface area is 158 Å². The maximum absolute atomic E-state index is 12.6. The lowest BCUT2D eigenvalue weighted by atomic mass is 10.2. The predicted octanol–water partition coefficient (Wildman–Crippen LogP) is 4.60. The molecule has 128 valence electrons. The summed E-state index contributed by atoms with van der Waals surface area (Å²) in [6.07, 6.45) is 1.62. The van der Waals surface area contributed by atoms with E-state index in [0.29, 0.717) is 23.1 Å². The van der Waals surface area contributed by atoms with Crippen molar-refractivity contribution in [2.75, 3.05) is 11.5 Å². The first-order chi connectivity index (χ1) is 12.0. The van der Waals surface area contributed by atoms with Crippen LogP contribution in [0.1, 0.15) is 12.5 Å². The summed E-state index contributed by atoms with van der Waals surface area (Å²) in [6, 6.07) is 11.4. The highest BCUT2D eigenvalue weighted by molar-refractivity contribution is 9.10. The number of nitrogens with zero attached hydrogens (tertiary/aromatic N) is 1. The summed E-state index contributed by atoms with van der Waals surface area (Å²) in [5.74, 6) is 0.298. The molecule has 1 fully saturated rings. The van der Waals surface area contributed by atoms with Gasteiger partial charge in [0.25, 0.3) is 5.91 Å². The largest absolute Gasteiger partial charge is 0.493 e. The van der Waals surface area contributed by atoms with Crippen molar-refractivity contribution in [3.05, 3.63) is 63.2 Å². The van der Waals surface area contributed by atoms with Gasteiger partial charge < -0.3 is 10.1 Å². The fourth-order valence-electron chi connectivity index (χ4n) is 2.41. The van der Waals surface area contributed by atoms with Crippen LogP contribution in [0.2, 0.25) is 5.02 Å². The van der Waals surface area contributed by atoms with Gasteiger partial charge in [0.2, 0.25) is 0 Å². The first kappa shape index (κ1) is 17.5. The van der Waals surface area contributed by atoms with Gasteiger partial charge in [-0.3, -0.25) is 4.79 Å². The Morgan fingerprint density at radius 1 is 1.20 bits per heavy atom. The molecule has 3 rings (SSSR count). The van der Waals surface area contributed by atoms with Crippen LogP contribution < -0.4 is 15.0 Å². The Morgan fingerprint density at radius 2 is 1.92 bits per heavy atom. The fraction of sp³-hybridized carbons (Fsp3) is 0.111. The Kier molecular flexibility index (Phi) is 5.11. The van der Waals surface area contributed by atoms with Gasteiger partial charge in [-0.05, 0) is 70.9 Å². The zero-order valence-corrected chi connectivity index (χ0v) is 15.6. The molecule has 25 heavy (non-hydrogen) atoms. The van der Waals surface area contributed by atoms with Gasteiger partial charge in [0, 0.05) is 5.02 Å². The molecule has 1 aliphatic rings. The van der Waals surface area contributed by atoms with Crippen molar-refractivity contribution >= 4 is 51.2 Å². The number of nitrogens with one attached hydrogen (secondary N) is 1. The molecule has 7 heteroatoms. The number of hydrogen-bond acceptors (Lipinski definition) is 3. The van der Waals surface area contributed by atoms with E-state index in [4.69, 9.17) is 16.3 Å². The topological polar surface area (TPSA) is 58.6 Å². The molecule has 1 heterocycles. The van der Waals surface area contributed by atoms with Crippen LogP contribution in [0.4, 0.5) is 10.5 Å². The lowest BCUT2D eigenvalue weighted by molar-refractivity contribution is -0.113. The number of amides is 3. The zero-order valence-electron chi connectivity index (χ0n) is 13.3. The van der Waals surface area contributed by atoms with E-state index in [1.54, 1.807) is 36.4 Å². The molecular formula is C18H14BrClN2O3. The third-order valence-electron chi connectivity index (χ3n) is 3.53. The second-order valence-corrected chi connectivity index (χ2v) is 6.52. The van der Waals surface area contributed by atoms with Gasteiger partial charge in [0.1, 0.15) is 11.4 Å². The average molecular weight is 422 g/mol. The molecule has 2 aromatic rings. The van der Waals surface area contributed by atoms with Gasteiger partial charge in [-0.15, -0.1) is 0 Å². The molecule has 0 unspecified atom stereocenters. The molecule has 0 aliphatic carbocycles. The number of rotatable bonds is 4. The van der Waals surface area contributed by atoms with Crippen molar-refractivity contribution in [2.45, 2.75) is 6.92 Å². The van der Waals surface area contributed by atoms with Gasteiger partial charge in [-0.1, -0.05) is 17.7 Å². The molecule has 3 amide bonds. The van der Waals surface area contributed by atoms with Crippen molar-refractivity contribution in [1.82, 2.24) is 5.32 Å². The molecule has 1 N–H and O–H groups in total. The van der Waals surface area contributed by atoms with Crippen LogP contribution in [0.15, 0.2) is 52.6 Å². The minimum absolute atomic E-state index is 0.205. The summed E-state index contributed by atoms with van der Waals surface area (Å²) in [5.41, 5.74) is 1.43. The predicted molar refractivity (Wildman–Crippen MR) is 101 cm³/mol. The molecule has 1 aliphatic heterocycles. The molecule has 0 spiro atoms. The number of anilines is 1. The molecule has 0 atom stereocenters. The summed E-state index contributed by atoms with van der Waals surface area (Å²) in [6.45, 7) is 2.46. The molecule has 0 bridgehead atoms. The third kappa shape index (κ3) is 3.70. The molecule has 0 aromatic heterocycles. The number of ether oxygens (including phenoxy) is 1. The first-order valence-corrected chi connectivity index (χ1v) is 8.71. The van der Waals surface area contributed by atoms with Crippen LogP contribution in [-0.4, -0.2) is 18.5 Å². The number of halogens is 2. The molecule has 5 nitrogen and oxygen atoms in total.